The fourth-order valence-corrected chi connectivity index (χ4v) is 0.947. The number of hydrogen-bond donors (Lipinski definition) is 3. The lowest BCUT2D eigenvalue weighted by Crippen LogP contribution is -2.54. The Morgan fingerprint density at radius 1 is 1.11 bits per heavy atom. The van der Waals surface area contributed by atoms with Crippen molar-refractivity contribution >= 4 is 17.7 Å². The van der Waals surface area contributed by atoms with Crippen molar-refractivity contribution in [1.82, 2.24) is 0 Å². The molecule has 104 valence electrons. The predicted octanol–water partition coefficient (Wildman–Crippen LogP) is -1.62. The molecule has 0 heterocycles. The maximum absolute atomic E-state index is 13.2. The minimum Gasteiger partial charge on any atom is -0.389 e. The van der Waals surface area contributed by atoms with E-state index in [9.17, 15) is 23.2 Å². The molecule has 0 aliphatic heterocycles. The lowest BCUT2D eigenvalue weighted by molar-refractivity contribution is -0.207. The van der Waals surface area contributed by atoms with Crippen molar-refractivity contribution in [3.8, 4) is 0 Å². The lowest BCUT2D eigenvalue weighted by atomic mass is 10.00. The number of aliphatic hydroxyl groups is 3. The van der Waals surface area contributed by atoms with Gasteiger partial charge in [-0.25, -0.2) is 4.79 Å². The molecular formula is C9H12F2O7. The molecule has 9 heteroatoms. The molecule has 18 heavy (non-hydrogen) atoms. The van der Waals surface area contributed by atoms with E-state index in [0.717, 1.165) is 6.92 Å². The summed E-state index contributed by atoms with van der Waals surface area (Å²) >= 11 is 0. The number of Topliss-reactive ketones (excluding diaryl/α,β-unsaturated/α-hetero) is 1. The van der Waals surface area contributed by atoms with Gasteiger partial charge < -0.3 is 20.1 Å². The molecule has 0 aromatic carbocycles. The van der Waals surface area contributed by atoms with Crippen LogP contribution in [-0.4, -0.2) is 57.3 Å². The standard InChI is InChI=1S/C9H12F2O7/c1-3(12)5(14)6(15)7(16)9(10,11)8(17)18-4(2)13/h5-7,14-16H,1-2H3/t5?,6-,7-/m1/s1. The first-order chi connectivity index (χ1) is 8.01. The van der Waals surface area contributed by atoms with Crippen LogP contribution in [0.4, 0.5) is 8.78 Å². The number of halogens is 2. The van der Waals surface area contributed by atoms with Crippen LogP contribution in [0.25, 0.3) is 0 Å². The van der Waals surface area contributed by atoms with Gasteiger partial charge in [0.15, 0.2) is 11.9 Å². The Bertz CT molecular complexity index is 355. The highest BCUT2D eigenvalue weighted by molar-refractivity contribution is 5.89. The van der Waals surface area contributed by atoms with E-state index in [0.29, 0.717) is 6.92 Å². The van der Waals surface area contributed by atoms with E-state index in [4.69, 9.17) is 15.3 Å². The highest BCUT2D eigenvalue weighted by atomic mass is 19.3. The van der Waals surface area contributed by atoms with Crippen LogP contribution in [0.2, 0.25) is 0 Å². The van der Waals surface area contributed by atoms with E-state index in [1.165, 1.54) is 0 Å². The average molecular weight is 270 g/mol. The van der Waals surface area contributed by atoms with Crippen LogP contribution in [0.3, 0.4) is 0 Å². The second-order valence-corrected chi connectivity index (χ2v) is 3.49. The van der Waals surface area contributed by atoms with Crippen LogP contribution in [0.1, 0.15) is 13.8 Å². The molecule has 0 aliphatic carbocycles. The summed E-state index contributed by atoms with van der Waals surface area (Å²) in [5, 5.41) is 27.1. The van der Waals surface area contributed by atoms with Crippen molar-refractivity contribution in [2.45, 2.75) is 38.1 Å². The summed E-state index contributed by atoms with van der Waals surface area (Å²) in [5.74, 6) is -9.47. The van der Waals surface area contributed by atoms with E-state index >= 15 is 0 Å². The third-order valence-electron chi connectivity index (χ3n) is 1.94. The van der Waals surface area contributed by atoms with E-state index < -0.39 is 42.0 Å². The van der Waals surface area contributed by atoms with Crippen LogP contribution < -0.4 is 0 Å². The molecule has 3 N–H and O–H groups in total. The van der Waals surface area contributed by atoms with E-state index in [1.807, 2.05) is 0 Å². The first-order valence-electron chi connectivity index (χ1n) is 4.67. The van der Waals surface area contributed by atoms with E-state index in [-0.39, 0.29) is 0 Å². The van der Waals surface area contributed by atoms with Crippen molar-refractivity contribution in [2.75, 3.05) is 0 Å². The zero-order valence-electron chi connectivity index (χ0n) is 9.46. The molecule has 0 rings (SSSR count). The van der Waals surface area contributed by atoms with Crippen LogP contribution in [-0.2, 0) is 19.1 Å². The first kappa shape index (κ1) is 16.6. The van der Waals surface area contributed by atoms with Crippen LogP contribution in [0.15, 0.2) is 0 Å². The summed E-state index contributed by atoms with van der Waals surface area (Å²) in [6.45, 7) is 1.47. The van der Waals surface area contributed by atoms with Crippen molar-refractivity contribution in [2.24, 2.45) is 0 Å². The van der Waals surface area contributed by atoms with Gasteiger partial charge in [-0.15, -0.1) is 0 Å². The predicted molar refractivity (Wildman–Crippen MR) is 50.4 cm³/mol. The monoisotopic (exact) mass is 270 g/mol. The van der Waals surface area contributed by atoms with Crippen molar-refractivity contribution in [1.29, 1.82) is 0 Å². The summed E-state index contributed by atoms with van der Waals surface area (Å²) in [5.41, 5.74) is 0. The number of carbonyl (C=O) groups is 3. The molecule has 0 fully saturated rings. The second kappa shape index (κ2) is 5.94. The number of hydrogen-bond acceptors (Lipinski definition) is 7. The topological polar surface area (TPSA) is 121 Å². The Labute approximate surface area is 100.0 Å². The van der Waals surface area contributed by atoms with Crippen LogP contribution in [0, 0.1) is 0 Å². The Balaban J connectivity index is 4.94. The van der Waals surface area contributed by atoms with Crippen LogP contribution in [0.5, 0.6) is 0 Å². The summed E-state index contributed by atoms with van der Waals surface area (Å²) in [6, 6.07) is 0. The maximum atomic E-state index is 13.2. The van der Waals surface area contributed by atoms with Gasteiger partial charge in [-0.05, 0) is 6.92 Å². The van der Waals surface area contributed by atoms with Gasteiger partial charge in [0.2, 0.25) is 0 Å². The fraction of sp³-hybridized carbons (Fsp3) is 0.667. The maximum Gasteiger partial charge on any atom is 0.387 e. The molecule has 0 saturated carbocycles. The molecule has 1 unspecified atom stereocenters. The lowest BCUT2D eigenvalue weighted by Gasteiger charge is -2.26. The van der Waals surface area contributed by atoms with E-state index in [1.54, 1.807) is 0 Å². The van der Waals surface area contributed by atoms with Gasteiger partial charge >= 0.3 is 17.9 Å². The van der Waals surface area contributed by atoms with Gasteiger partial charge in [-0.1, -0.05) is 0 Å². The molecule has 0 spiro atoms. The molecule has 0 amide bonds. The third-order valence-corrected chi connectivity index (χ3v) is 1.94. The molecule has 0 radical (unpaired) electrons. The molecule has 0 aromatic heterocycles. The third kappa shape index (κ3) is 3.79. The summed E-state index contributed by atoms with van der Waals surface area (Å²) in [7, 11) is 0. The number of esters is 2. The minimum absolute atomic E-state index is 0.682. The number of alkyl halides is 2. The van der Waals surface area contributed by atoms with Gasteiger partial charge in [0.25, 0.3) is 0 Å². The number of rotatable bonds is 5. The zero-order valence-corrected chi connectivity index (χ0v) is 9.46. The van der Waals surface area contributed by atoms with Gasteiger partial charge in [0, 0.05) is 6.92 Å². The normalized spacial score (nSPS) is 16.6. The first-order valence-corrected chi connectivity index (χ1v) is 4.67. The Kier molecular flexibility index (Phi) is 5.46. The van der Waals surface area contributed by atoms with Gasteiger partial charge in [0.05, 0.1) is 0 Å². The molecule has 0 aromatic rings. The summed E-state index contributed by atoms with van der Waals surface area (Å²) in [6.07, 6.45) is -7.99. The van der Waals surface area contributed by atoms with Crippen molar-refractivity contribution in [3.05, 3.63) is 0 Å². The number of ketones is 1. The fourth-order valence-electron chi connectivity index (χ4n) is 0.947. The Morgan fingerprint density at radius 2 is 1.56 bits per heavy atom. The summed E-state index contributed by atoms with van der Waals surface area (Å²) in [4.78, 5) is 31.7. The largest absolute Gasteiger partial charge is 0.389 e. The highest BCUT2D eigenvalue weighted by Crippen LogP contribution is 2.24. The SMILES string of the molecule is CC(=O)OC(=O)C(F)(F)[C@H](O)[C@H](O)C(O)C(C)=O. The average Bonchev–Trinajstić information content (AvgIpc) is 2.24. The smallest absolute Gasteiger partial charge is 0.387 e. The second-order valence-electron chi connectivity index (χ2n) is 3.49. The Hall–Kier alpha value is -1.45. The quantitative estimate of drug-likeness (QED) is 0.405. The van der Waals surface area contributed by atoms with Gasteiger partial charge in [-0.3, -0.25) is 9.59 Å². The van der Waals surface area contributed by atoms with E-state index in [2.05, 4.69) is 4.74 Å². The highest BCUT2D eigenvalue weighted by Gasteiger charge is 2.53. The van der Waals surface area contributed by atoms with Crippen molar-refractivity contribution in [3.63, 3.8) is 0 Å². The molecule has 0 bridgehead atoms. The number of ether oxygens (including phenoxy) is 1. The molecule has 0 aliphatic rings. The summed E-state index contributed by atoms with van der Waals surface area (Å²) < 4.78 is 29.9. The molecular weight excluding hydrogens is 258 g/mol. The van der Waals surface area contributed by atoms with Gasteiger partial charge in [0.1, 0.15) is 12.2 Å². The Morgan fingerprint density at radius 3 is 1.89 bits per heavy atom. The van der Waals surface area contributed by atoms with Crippen LogP contribution >= 0.6 is 0 Å². The van der Waals surface area contributed by atoms with Crippen molar-refractivity contribution < 1.29 is 43.2 Å². The number of aliphatic hydroxyl groups excluding tert-OH is 3. The minimum atomic E-state index is -4.65. The van der Waals surface area contributed by atoms with Gasteiger partial charge in [-0.2, -0.15) is 8.78 Å². The number of carbonyl (C=O) groups excluding carboxylic acids is 3. The molecule has 0 saturated heterocycles. The molecule has 7 nitrogen and oxygen atoms in total. The molecule has 3 atom stereocenters. The zero-order chi connectivity index (χ0) is 14.7.